The van der Waals surface area contributed by atoms with E-state index in [1.54, 1.807) is 17.4 Å². The Morgan fingerprint density at radius 2 is 2.40 bits per heavy atom. The molecule has 1 aromatic rings. The van der Waals surface area contributed by atoms with E-state index in [9.17, 15) is 4.79 Å². The van der Waals surface area contributed by atoms with Crippen molar-refractivity contribution in [1.82, 2.24) is 5.32 Å². The van der Waals surface area contributed by atoms with Gasteiger partial charge in [0.2, 0.25) is 5.91 Å². The van der Waals surface area contributed by atoms with E-state index in [1.807, 2.05) is 23.6 Å². The van der Waals surface area contributed by atoms with Crippen LogP contribution in [0.3, 0.4) is 0 Å². The largest absolute Gasteiger partial charge is 0.353 e. The van der Waals surface area contributed by atoms with Gasteiger partial charge >= 0.3 is 0 Å². The highest BCUT2D eigenvalue weighted by atomic mass is 32.1. The monoisotopic (exact) mass is 223 g/mol. The Morgan fingerprint density at radius 3 is 3.00 bits per heavy atom. The van der Waals surface area contributed by atoms with Gasteiger partial charge in [0.25, 0.3) is 0 Å². The molecule has 0 aliphatic rings. The van der Waals surface area contributed by atoms with E-state index in [0.29, 0.717) is 5.92 Å². The van der Waals surface area contributed by atoms with Gasteiger partial charge in [-0.05, 0) is 29.9 Å². The summed E-state index contributed by atoms with van der Waals surface area (Å²) in [4.78, 5) is 12.4. The third-order valence-electron chi connectivity index (χ3n) is 1.96. The molecule has 0 aliphatic heterocycles. The zero-order chi connectivity index (χ0) is 11.1. The number of nitrogens with one attached hydrogen (secondary N) is 1. The minimum atomic E-state index is -0.0101. The van der Waals surface area contributed by atoms with Gasteiger partial charge in [-0.3, -0.25) is 4.79 Å². The van der Waals surface area contributed by atoms with Crippen LogP contribution in [0.4, 0.5) is 0 Å². The van der Waals surface area contributed by atoms with Gasteiger partial charge in [-0.25, -0.2) is 0 Å². The highest BCUT2D eigenvalue weighted by Crippen LogP contribution is 2.09. The number of carbonyl (C=O) groups is 1. The maximum absolute atomic E-state index is 11.3. The van der Waals surface area contributed by atoms with E-state index in [4.69, 9.17) is 0 Å². The zero-order valence-electron chi connectivity index (χ0n) is 9.19. The van der Waals surface area contributed by atoms with Crippen molar-refractivity contribution < 1.29 is 4.79 Å². The molecule has 0 spiro atoms. The molecule has 0 bridgehead atoms. The lowest BCUT2D eigenvalue weighted by Crippen LogP contribution is -2.22. The van der Waals surface area contributed by atoms with Gasteiger partial charge < -0.3 is 5.32 Å². The molecule has 0 atom stereocenters. The average Bonchev–Trinajstić information content (AvgIpc) is 2.66. The quantitative estimate of drug-likeness (QED) is 0.764. The van der Waals surface area contributed by atoms with Crippen molar-refractivity contribution >= 4 is 23.3 Å². The average molecular weight is 223 g/mol. The van der Waals surface area contributed by atoms with Crippen LogP contribution in [0.15, 0.2) is 23.6 Å². The summed E-state index contributed by atoms with van der Waals surface area (Å²) >= 11 is 1.63. The lowest BCUT2D eigenvalue weighted by Gasteiger charge is -2.04. The van der Waals surface area contributed by atoms with Crippen molar-refractivity contribution in [2.45, 2.75) is 20.3 Å². The molecule has 0 radical (unpaired) electrons. The minimum absolute atomic E-state index is 0.0101. The maximum atomic E-state index is 11.3. The predicted octanol–water partition coefficient (Wildman–Crippen LogP) is 2.92. The van der Waals surface area contributed by atoms with Gasteiger partial charge in [-0.1, -0.05) is 19.9 Å². The Bertz CT molecular complexity index is 314. The number of hydrogen-bond donors (Lipinski definition) is 1. The molecular weight excluding hydrogens is 206 g/mol. The second-order valence-corrected chi connectivity index (χ2v) is 4.80. The Balaban J connectivity index is 2.24. The van der Waals surface area contributed by atoms with Crippen LogP contribution in [0.1, 0.15) is 25.1 Å². The minimum Gasteiger partial charge on any atom is -0.353 e. The first-order chi connectivity index (χ1) is 7.18. The molecule has 0 aliphatic carbocycles. The van der Waals surface area contributed by atoms with Gasteiger partial charge in [0.1, 0.15) is 0 Å². The van der Waals surface area contributed by atoms with Crippen molar-refractivity contribution in [2.75, 3.05) is 6.54 Å². The molecular formula is C12H17NOS. The molecule has 0 unspecified atom stereocenters. The predicted molar refractivity (Wildman–Crippen MR) is 65.8 cm³/mol. The van der Waals surface area contributed by atoms with Crippen LogP contribution in [0, 0.1) is 5.92 Å². The molecule has 3 heteroatoms. The third-order valence-corrected chi connectivity index (χ3v) is 2.80. The lowest BCUT2D eigenvalue weighted by atomic mass is 10.1. The van der Waals surface area contributed by atoms with E-state index >= 15 is 0 Å². The zero-order valence-corrected chi connectivity index (χ0v) is 10.0. The van der Waals surface area contributed by atoms with Crippen LogP contribution in [0.5, 0.6) is 0 Å². The summed E-state index contributed by atoms with van der Waals surface area (Å²) in [6.45, 7) is 5.05. The molecule has 1 amide bonds. The van der Waals surface area contributed by atoms with Crippen molar-refractivity contribution in [3.8, 4) is 0 Å². The first-order valence-electron chi connectivity index (χ1n) is 5.18. The van der Waals surface area contributed by atoms with Crippen molar-refractivity contribution in [1.29, 1.82) is 0 Å². The maximum Gasteiger partial charge on any atom is 0.244 e. The number of amides is 1. The molecule has 1 aromatic heterocycles. The molecule has 1 N–H and O–H groups in total. The number of rotatable bonds is 5. The number of hydrogen-bond acceptors (Lipinski definition) is 2. The molecule has 15 heavy (non-hydrogen) atoms. The van der Waals surface area contributed by atoms with E-state index in [1.165, 1.54) is 0 Å². The summed E-state index contributed by atoms with van der Waals surface area (Å²) in [6.07, 6.45) is 4.46. The summed E-state index contributed by atoms with van der Waals surface area (Å²) in [7, 11) is 0. The van der Waals surface area contributed by atoms with E-state index < -0.39 is 0 Å². The van der Waals surface area contributed by atoms with Crippen LogP contribution >= 0.6 is 11.3 Å². The fraction of sp³-hybridized carbons (Fsp3) is 0.417. The van der Waals surface area contributed by atoms with Gasteiger partial charge in [-0.2, -0.15) is 0 Å². The number of thiophene rings is 1. The van der Waals surface area contributed by atoms with Gasteiger partial charge in [0, 0.05) is 17.5 Å². The Kier molecular flexibility index (Phi) is 5.12. The summed E-state index contributed by atoms with van der Waals surface area (Å²) < 4.78 is 0. The first kappa shape index (κ1) is 12.0. The van der Waals surface area contributed by atoms with Crippen LogP contribution in [-0.4, -0.2) is 12.5 Å². The summed E-state index contributed by atoms with van der Waals surface area (Å²) in [5, 5.41) is 4.85. The molecule has 0 saturated heterocycles. The second kappa shape index (κ2) is 6.40. The lowest BCUT2D eigenvalue weighted by molar-refractivity contribution is -0.116. The highest BCUT2D eigenvalue weighted by molar-refractivity contribution is 7.10. The topological polar surface area (TPSA) is 29.1 Å². The van der Waals surface area contributed by atoms with Gasteiger partial charge in [-0.15, -0.1) is 11.3 Å². The highest BCUT2D eigenvalue weighted by Gasteiger charge is 1.97. The summed E-state index contributed by atoms with van der Waals surface area (Å²) in [5.41, 5.74) is 0. The third kappa shape index (κ3) is 5.37. The van der Waals surface area contributed by atoms with Crippen LogP contribution < -0.4 is 5.32 Å². The summed E-state index contributed by atoms with van der Waals surface area (Å²) in [5.74, 6) is 0.621. The standard InChI is InChI=1S/C12H17NOS/c1-10(2)7-8-13-12(14)6-5-11-4-3-9-15-11/h3-6,9-10H,7-8H2,1-2H3,(H,13,14)/b6-5+. The Labute approximate surface area is 95.0 Å². The van der Waals surface area contributed by atoms with E-state index in [2.05, 4.69) is 19.2 Å². The molecule has 0 fully saturated rings. The van der Waals surface area contributed by atoms with Crippen LogP contribution in [0.25, 0.3) is 6.08 Å². The Hall–Kier alpha value is -1.09. The molecule has 1 rings (SSSR count). The van der Waals surface area contributed by atoms with Gasteiger partial charge in [0.15, 0.2) is 0 Å². The van der Waals surface area contributed by atoms with E-state index in [0.717, 1.165) is 17.8 Å². The smallest absolute Gasteiger partial charge is 0.244 e. The van der Waals surface area contributed by atoms with Crippen molar-refractivity contribution in [3.05, 3.63) is 28.5 Å². The van der Waals surface area contributed by atoms with Crippen LogP contribution in [-0.2, 0) is 4.79 Å². The Morgan fingerprint density at radius 1 is 1.60 bits per heavy atom. The van der Waals surface area contributed by atoms with Crippen molar-refractivity contribution in [3.63, 3.8) is 0 Å². The molecule has 0 aromatic carbocycles. The number of carbonyl (C=O) groups excluding carboxylic acids is 1. The SMILES string of the molecule is CC(C)CCNC(=O)/C=C/c1cccs1. The normalized spacial score (nSPS) is 11.1. The molecule has 2 nitrogen and oxygen atoms in total. The van der Waals surface area contributed by atoms with Crippen molar-refractivity contribution in [2.24, 2.45) is 5.92 Å². The van der Waals surface area contributed by atoms with E-state index in [-0.39, 0.29) is 5.91 Å². The molecule has 1 heterocycles. The molecule has 82 valence electrons. The fourth-order valence-corrected chi connectivity index (χ4v) is 1.70. The second-order valence-electron chi connectivity index (χ2n) is 3.82. The molecule has 0 saturated carbocycles. The summed E-state index contributed by atoms with van der Waals surface area (Å²) in [6, 6.07) is 3.96. The first-order valence-corrected chi connectivity index (χ1v) is 6.06. The van der Waals surface area contributed by atoms with Crippen LogP contribution in [0.2, 0.25) is 0 Å². The van der Waals surface area contributed by atoms with Gasteiger partial charge in [0.05, 0.1) is 0 Å². The fourth-order valence-electron chi connectivity index (χ4n) is 1.09.